The van der Waals surface area contributed by atoms with Gasteiger partial charge in [-0.25, -0.2) is 4.39 Å². The van der Waals surface area contributed by atoms with Gasteiger partial charge in [0.2, 0.25) is 0 Å². The van der Waals surface area contributed by atoms with Crippen molar-refractivity contribution in [2.75, 3.05) is 19.8 Å². The molecule has 4 rings (SSSR count). The molecule has 2 aromatic heterocycles. The van der Waals surface area contributed by atoms with Gasteiger partial charge in [-0.15, -0.1) is 11.3 Å². The Morgan fingerprint density at radius 1 is 1.26 bits per heavy atom. The summed E-state index contributed by atoms with van der Waals surface area (Å²) in [7, 11) is 0. The smallest absolute Gasteiger partial charge is 0.271 e. The SMILES string of the molecule is O=C(NCC1(c2cccc(F)c2)CCOCC1)c1cc(-c2cccs2)[nH]n1. The van der Waals surface area contributed by atoms with Crippen molar-refractivity contribution in [3.63, 3.8) is 0 Å². The largest absolute Gasteiger partial charge is 0.381 e. The molecule has 1 aromatic carbocycles. The Balaban J connectivity index is 1.50. The first-order valence-corrected chi connectivity index (χ1v) is 9.76. The Morgan fingerprint density at radius 3 is 2.85 bits per heavy atom. The molecule has 1 saturated heterocycles. The Bertz CT molecular complexity index is 917. The number of H-pyrrole nitrogens is 1. The van der Waals surface area contributed by atoms with Crippen molar-refractivity contribution < 1.29 is 13.9 Å². The molecule has 0 radical (unpaired) electrons. The van der Waals surface area contributed by atoms with E-state index in [0.29, 0.717) is 25.5 Å². The molecule has 0 saturated carbocycles. The fourth-order valence-corrected chi connectivity index (χ4v) is 4.18. The Labute approximate surface area is 160 Å². The monoisotopic (exact) mass is 385 g/mol. The van der Waals surface area contributed by atoms with E-state index in [1.165, 1.54) is 6.07 Å². The van der Waals surface area contributed by atoms with Gasteiger partial charge in [0.25, 0.3) is 5.91 Å². The summed E-state index contributed by atoms with van der Waals surface area (Å²) in [4.78, 5) is 13.6. The van der Waals surface area contributed by atoms with Gasteiger partial charge >= 0.3 is 0 Å². The number of carbonyl (C=O) groups is 1. The lowest BCUT2D eigenvalue weighted by molar-refractivity contribution is 0.0486. The summed E-state index contributed by atoms with van der Waals surface area (Å²) in [5, 5.41) is 12.0. The summed E-state index contributed by atoms with van der Waals surface area (Å²) in [6, 6.07) is 12.3. The number of aromatic amines is 1. The van der Waals surface area contributed by atoms with Crippen molar-refractivity contribution in [2.24, 2.45) is 0 Å². The maximum absolute atomic E-state index is 13.8. The maximum atomic E-state index is 13.8. The highest BCUT2D eigenvalue weighted by molar-refractivity contribution is 7.13. The number of hydrogen-bond acceptors (Lipinski definition) is 4. The zero-order chi connectivity index (χ0) is 18.7. The van der Waals surface area contributed by atoms with E-state index in [1.807, 2.05) is 23.6 Å². The van der Waals surface area contributed by atoms with E-state index in [1.54, 1.807) is 29.5 Å². The molecule has 5 nitrogen and oxygen atoms in total. The van der Waals surface area contributed by atoms with Crippen molar-refractivity contribution in [1.82, 2.24) is 15.5 Å². The van der Waals surface area contributed by atoms with E-state index in [2.05, 4.69) is 15.5 Å². The van der Waals surface area contributed by atoms with Crippen LogP contribution in [0.1, 0.15) is 28.9 Å². The molecule has 1 amide bonds. The predicted molar refractivity (Wildman–Crippen MR) is 102 cm³/mol. The number of hydrogen-bond donors (Lipinski definition) is 2. The molecule has 7 heteroatoms. The highest BCUT2D eigenvalue weighted by atomic mass is 32.1. The lowest BCUT2D eigenvalue weighted by Crippen LogP contribution is -2.44. The number of carbonyl (C=O) groups excluding carboxylic acids is 1. The number of aromatic nitrogens is 2. The van der Waals surface area contributed by atoms with Crippen molar-refractivity contribution in [3.8, 4) is 10.6 Å². The third-order valence-electron chi connectivity index (χ3n) is 5.07. The number of halogens is 1. The molecule has 0 aliphatic carbocycles. The van der Waals surface area contributed by atoms with Gasteiger partial charge in [0.05, 0.1) is 10.6 Å². The van der Waals surface area contributed by atoms with Crippen LogP contribution in [-0.4, -0.2) is 35.9 Å². The summed E-state index contributed by atoms with van der Waals surface area (Å²) in [6.45, 7) is 1.61. The molecular weight excluding hydrogens is 365 g/mol. The number of amides is 1. The van der Waals surface area contributed by atoms with Crippen molar-refractivity contribution >= 4 is 17.2 Å². The van der Waals surface area contributed by atoms with E-state index in [-0.39, 0.29) is 17.1 Å². The summed E-state index contributed by atoms with van der Waals surface area (Å²) in [6.07, 6.45) is 1.47. The van der Waals surface area contributed by atoms with Gasteiger partial charge in [0.15, 0.2) is 5.69 Å². The van der Waals surface area contributed by atoms with E-state index in [0.717, 1.165) is 29.0 Å². The maximum Gasteiger partial charge on any atom is 0.271 e. The van der Waals surface area contributed by atoms with Crippen LogP contribution in [-0.2, 0) is 10.2 Å². The van der Waals surface area contributed by atoms with Gasteiger partial charge in [-0.3, -0.25) is 9.89 Å². The number of thiophene rings is 1. The quantitative estimate of drug-likeness (QED) is 0.703. The van der Waals surface area contributed by atoms with Crippen LogP contribution in [0, 0.1) is 5.82 Å². The first-order valence-electron chi connectivity index (χ1n) is 8.88. The molecule has 1 fully saturated rings. The topological polar surface area (TPSA) is 67.0 Å². The second-order valence-electron chi connectivity index (χ2n) is 6.73. The molecule has 0 spiro atoms. The summed E-state index contributed by atoms with van der Waals surface area (Å²) in [5.41, 5.74) is 1.73. The summed E-state index contributed by atoms with van der Waals surface area (Å²) in [5.74, 6) is -0.506. The molecule has 0 bridgehead atoms. The van der Waals surface area contributed by atoms with Crippen LogP contribution in [0.25, 0.3) is 10.6 Å². The van der Waals surface area contributed by atoms with E-state index >= 15 is 0 Å². The molecule has 3 heterocycles. The van der Waals surface area contributed by atoms with E-state index in [4.69, 9.17) is 4.74 Å². The zero-order valence-corrected chi connectivity index (χ0v) is 15.5. The fourth-order valence-electron chi connectivity index (χ4n) is 3.48. The van der Waals surface area contributed by atoms with Gasteiger partial charge in [0.1, 0.15) is 5.82 Å². The lowest BCUT2D eigenvalue weighted by atomic mass is 9.74. The van der Waals surface area contributed by atoms with Crippen LogP contribution < -0.4 is 5.32 Å². The Morgan fingerprint density at radius 2 is 2.11 bits per heavy atom. The normalized spacial score (nSPS) is 16.2. The summed E-state index contributed by atoms with van der Waals surface area (Å²) < 4.78 is 19.3. The highest BCUT2D eigenvalue weighted by Crippen LogP contribution is 2.34. The average Bonchev–Trinajstić information content (AvgIpc) is 3.38. The number of benzene rings is 1. The van der Waals surface area contributed by atoms with Crippen molar-refractivity contribution in [2.45, 2.75) is 18.3 Å². The second kappa shape index (κ2) is 7.62. The first kappa shape index (κ1) is 17.9. The highest BCUT2D eigenvalue weighted by Gasteiger charge is 2.35. The van der Waals surface area contributed by atoms with Crippen LogP contribution in [0.15, 0.2) is 47.8 Å². The van der Waals surface area contributed by atoms with Crippen LogP contribution >= 0.6 is 11.3 Å². The van der Waals surface area contributed by atoms with Crippen LogP contribution in [0.4, 0.5) is 4.39 Å². The van der Waals surface area contributed by atoms with Gasteiger partial charge < -0.3 is 10.1 Å². The van der Waals surface area contributed by atoms with Crippen molar-refractivity contribution in [3.05, 3.63) is 64.9 Å². The molecule has 140 valence electrons. The minimum atomic E-state index is -0.330. The summed E-state index contributed by atoms with van der Waals surface area (Å²) >= 11 is 1.58. The molecule has 0 atom stereocenters. The molecular formula is C20H20FN3O2S. The lowest BCUT2D eigenvalue weighted by Gasteiger charge is -2.37. The van der Waals surface area contributed by atoms with E-state index in [9.17, 15) is 9.18 Å². The fraction of sp³-hybridized carbons (Fsp3) is 0.300. The second-order valence-corrected chi connectivity index (χ2v) is 7.68. The number of ether oxygens (including phenoxy) is 1. The third kappa shape index (κ3) is 3.79. The predicted octanol–water partition coefficient (Wildman–Crippen LogP) is 3.76. The van der Waals surface area contributed by atoms with E-state index < -0.39 is 0 Å². The minimum Gasteiger partial charge on any atom is -0.381 e. The number of rotatable bonds is 5. The third-order valence-corrected chi connectivity index (χ3v) is 5.97. The van der Waals surface area contributed by atoms with Crippen LogP contribution in [0.5, 0.6) is 0 Å². The molecule has 27 heavy (non-hydrogen) atoms. The standard InChI is InChI=1S/C20H20FN3O2S/c21-15-4-1-3-14(11-15)20(6-8-26-9-7-20)13-22-19(25)17-12-16(23-24-17)18-5-2-10-27-18/h1-5,10-12H,6-9,13H2,(H,22,25)(H,23,24). The minimum absolute atomic E-state index is 0.240. The first-order chi connectivity index (χ1) is 13.2. The van der Waals surface area contributed by atoms with Gasteiger partial charge in [-0.1, -0.05) is 18.2 Å². The molecule has 3 aromatic rings. The Kier molecular flexibility index (Phi) is 5.05. The molecule has 2 N–H and O–H groups in total. The Hall–Kier alpha value is -2.51. The average molecular weight is 385 g/mol. The van der Waals surface area contributed by atoms with Crippen LogP contribution in [0.3, 0.4) is 0 Å². The van der Waals surface area contributed by atoms with Crippen molar-refractivity contribution in [1.29, 1.82) is 0 Å². The van der Waals surface area contributed by atoms with Gasteiger partial charge in [-0.05, 0) is 48.1 Å². The van der Waals surface area contributed by atoms with Gasteiger partial charge in [0, 0.05) is 25.2 Å². The van der Waals surface area contributed by atoms with Crippen LogP contribution in [0.2, 0.25) is 0 Å². The molecule has 1 aliphatic rings. The number of nitrogens with zero attached hydrogens (tertiary/aromatic N) is 1. The van der Waals surface area contributed by atoms with Gasteiger partial charge in [-0.2, -0.15) is 5.10 Å². The number of nitrogens with one attached hydrogen (secondary N) is 2. The molecule has 0 unspecified atom stereocenters. The molecule has 1 aliphatic heterocycles. The zero-order valence-electron chi connectivity index (χ0n) is 14.7.